The Morgan fingerprint density at radius 1 is 1.50 bits per heavy atom. The summed E-state index contributed by atoms with van der Waals surface area (Å²) >= 11 is 4.21. The van der Waals surface area contributed by atoms with E-state index in [1.165, 1.54) is 0 Å². The quantitative estimate of drug-likeness (QED) is 0.771. The Bertz CT molecular complexity index is 375. The molecule has 1 fully saturated rings. The molecule has 3 nitrogen and oxygen atoms in total. The summed E-state index contributed by atoms with van der Waals surface area (Å²) in [6, 6.07) is 7.38. The summed E-state index contributed by atoms with van der Waals surface area (Å²) in [5.41, 5.74) is 0.651. The molecule has 0 aromatic heterocycles. The van der Waals surface area contributed by atoms with Gasteiger partial charge in [0, 0.05) is 17.1 Å². The van der Waals surface area contributed by atoms with E-state index in [-0.39, 0.29) is 11.9 Å². The van der Waals surface area contributed by atoms with Crippen molar-refractivity contribution >= 4 is 18.5 Å². The van der Waals surface area contributed by atoms with Crippen LogP contribution in [-0.4, -0.2) is 25.2 Å². The van der Waals surface area contributed by atoms with Crippen LogP contribution in [0, 0.1) is 0 Å². The van der Waals surface area contributed by atoms with Gasteiger partial charge in [0.1, 0.15) is 0 Å². The topological polar surface area (TPSA) is 38.3 Å². The Morgan fingerprint density at radius 3 is 3.06 bits per heavy atom. The Balaban J connectivity index is 1.97. The first-order valence-corrected chi connectivity index (χ1v) is 5.88. The predicted octanol–water partition coefficient (Wildman–Crippen LogP) is 1.88. The third kappa shape index (κ3) is 3.00. The molecule has 1 atom stereocenters. The molecule has 86 valence electrons. The van der Waals surface area contributed by atoms with Gasteiger partial charge in [0.15, 0.2) is 0 Å². The molecule has 0 saturated carbocycles. The number of thiol groups is 1. The van der Waals surface area contributed by atoms with Crippen LogP contribution >= 0.6 is 12.6 Å². The number of ether oxygens (including phenoxy) is 1. The molecule has 1 saturated heterocycles. The van der Waals surface area contributed by atoms with Gasteiger partial charge in [0.2, 0.25) is 0 Å². The molecule has 1 heterocycles. The monoisotopic (exact) mass is 237 g/mol. The number of carbonyl (C=O) groups excluding carboxylic acids is 1. The molecule has 1 aliphatic heterocycles. The lowest BCUT2D eigenvalue weighted by Crippen LogP contribution is -2.40. The van der Waals surface area contributed by atoms with Gasteiger partial charge in [0.25, 0.3) is 5.91 Å². The first kappa shape index (κ1) is 11.5. The van der Waals surface area contributed by atoms with E-state index in [2.05, 4.69) is 17.9 Å². The van der Waals surface area contributed by atoms with Crippen molar-refractivity contribution < 1.29 is 9.53 Å². The molecule has 0 bridgehead atoms. The summed E-state index contributed by atoms with van der Waals surface area (Å²) in [5, 5.41) is 2.96. The van der Waals surface area contributed by atoms with Crippen molar-refractivity contribution in [3.05, 3.63) is 29.8 Å². The van der Waals surface area contributed by atoms with Crippen molar-refractivity contribution in [2.24, 2.45) is 0 Å². The average molecular weight is 237 g/mol. The Hall–Kier alpha value is -1.00. The van der Waals surface area contributed by atoms with Gasteiger partial charge < -0.3 is 10.1 Å². The number of hydrogen-bond donors (Lipinski definition) is 2. The zero-order valence-electron chi connectivity index (χ0n) is 8.98. The highest BCUT2D eigenvalue weighted by atomic mass is 32.1. The van der Waals surface area contributed by atoms with E-state index in [9.17, 15) is 4.79 Å². The highest BCUT2D eigenvalue weighted by Crippen LogP contribution is 2.11. The van der Waals surface area contributed by atoms with Gasteiger partial charge in [-0.15, -0.1) is 12.6 Å². The van der Waals surface area contributed by atoms with E-state index in [0.717, 1.165) is 24.3 Å². The normalized spacial score (nSPS) is 20.4. The Labute approximate surface area is 101 Å². The molecule has 1 aromatic rings. The van der Waals surface area contributed by atoms with Gasteiger partial charge in [-0.05, 0) is 31.0 Å². The van der Waals surface area contributed by atoms with Crippen LogP contribution in [0.2, 0.25) is 0 Å². The smallest absolute Gasteiger partial charge is 0.251 e. The molecule has 1 amide bonds. The molecule has 0 radical (unpaired) electrons. The maximum Gasteiger partial charge on any atom is 0.251 e. The Morgan fingerprint density at radius 2 is 2.38 bits per heavy atom. The van der Waals surface area contributed by atoms with Crippen LogP contribution < -0.4 is 5.32 Å². The van der Waals surface area contributed by atoms with E-state index >= 15 is 0 Å². The maximum atomic E-state index is 11.9. The summed E-state index contributed by atoms with van der Waals surface area (Å²) < 4.78 is 5.31. The number of carbonyl (C=O) groups is 1. The average Bonchev–Trinajstić information content (AvgIpc) is 2.30. The number of hydrogen-bond acceptors (Lipinski definition) is 3. The molecule has 1 aliphatic rings. The predicted molar refractivity (Wildman–Crippen MR) is 65.0 cm³/mol. The SMILES string of the molecule is O=C(NC1CCCOC1)c1cccc(S)c1. The van der Waals surface area contributed by atoms with E-state index in [1.807, 2.05) is 12.1 Å². The molecule has 1 aromatic carbocycles. The molecular formula is C12H15NO2S. The molecule has 1 unspecified atom stereocenters. The highest BCUT2D eigenvalue weighted by Gasteiger charge is 2.16. The van der Waals surface area contributed by atoms with Gasteiger partial charge in [-0.2, -0.15) is 0 Å². The second kappa shape index (κ2) is 5.37. The zero-order chi connectivity index (χ0) is 11.4. The maximum absolute atomic E-state index is 11.9. The third-order valence-electron chi connectivity index (χ3n) is 2.60. The summed E-state index contributed by atoms with van der Waals surface area (Å²) in [6.45, 7) is 1.42. The van der Waals surface area contributed by atoms with Gasteiger partial charge in [-0.3, -0.25) is 4.79 Å². The number of amides is 1. The summed E-state index contributed by atoms with van der Waals surface area (Å²) in [6.07, 6.45) is 2.00. The Kier molecular flexibility index (Phi) is 3.85. The van der Waals surface area contributed by atoms with Crippen LogP contribution in [0.25, 0.3) is 0 Å². The summed E-state index contributed by atoms with van der Waals surface area (Å²) in [5.74, 6) is -0.0496. The minimum absolute atomic E-state index is 0.0496. The minimum Gasteiger partial charge on any atom is -0.379 e. The van der Waals surface area contributed by atoms with Crippen molar-refractivity contribution in [2.75, 3.05) is 13.2 Å². The van der Waals surface area contributed by atoms with Gasteiger partial charge in [-0.1, -0.05) is 6.07 Å². The third-order valence-corrected chi connectivity index (χ3v) is 2.88. The fourth-order valence-electron chi connectivity index (χ4n) is 1.77. The lowest BCUT2D eigenvalue weighted by atomic mass is 10.1. The zero-order valence-corrected chi connectivity index (χ0v) is 9.87. The van der Waals surface area contributed by atoms with Crippen molar-refractivity contribution in [1.82, 2.24) is 5.32 Å². The molecule has 4 heteroatoms. The highest BCUT2D eigenvalue weighted by molar-refractivity contribution is 7.80. The molecular weight excluding hydrogens is 222 g/mol. The summed E-state index contributed by atoms with van der Waals surface area (Å²) in [4.78, 5) is 12.7. The van der Waals surface area contributed by atoms with Crippen molar-refractivity contribution in [3.8, 4) is 0 Å². The fourth-order valence-corrected chi connectivity index (χ4v) is 2.00. The number of benzene rings is 1. The molecule has 0 spiro atoms. The van der Waals surface area contributed by atoms with Crippen molar-refractivity contribution in [1.29, 1.82) is 0 Å². The van der Waals surface area contributed by atoms with Gasteiger partial charge in [-0.25, -0.2) is 0 Å². The second-order valence-corrected chi connectivity index (χ2v) is 4.45. The van der Waals surface area contributed by atoms with E-state index < -0.39 is 0 Å². The van der Waals surface area contributed by atoms with Gasteiger partial charge in [0.05, 0.1) is 12.6 Å². The number of nitrogens with one attached hydrogen (secondary N) is 1. The van der Waals surface area contributed by atoms with Crippen molar-refractivity contribution in [2.45, 2.75) is 23.8 Å². The van der Waals surface area contributed by atoms with Crippen LogP contribution in [0.1, 0.15) is 23.2 Å². The first-order chi connectivity index (χ1) is 7.75. The molecule has 2 rings (SSSR count). The van der Waals surface area contributed by atoms with Crippen LogP contribution in [0.4, 0.5) is 0 Å². The fraction of sp³-hybridized carbons (Fsp3) is 0.417. The van der Waals surface area contributed by atoms with Crippen LogP contribution in [0.3, 0.4) is 0 Å². The van der Waals surface area contributed by atoms with E-state index in [0.29, 0.717) is 12.2 Å². The standard InChI is InChI=1S/C12H15NO2S/c14-12(9-3-1-5-11(16)7-9)13-10-4-2-6-15-8-10/h1,3,5,7,10,16H,2,4,6,8H2,(H,13,14). The molecule has 1 N–H and O–H groups in total. The molecule has 16 heavy (non-hydrogen) atoms. The van der Waals surface area contributed by atoms with Crippen LogP contribution in [-0.2, 0) is 4.74 Å². The first-order valence-electron chi connectivity index (χ1n) is 5.43. The summed E-state index contributed by atoms with van der Waals surface area (Å²) in [7, 11) is 0. The van der Waals surface area contributed by atoms with Crippen LogP contribution in [0.5, 0.6) is 0 Å². The van der Waals surface area contributed by atoms with E-state index in [1.54, 1.807) is 12.1 Å². The van der Waals surface area contributed by atoms with Crippen LogP contribution in [0.15, 0.2) is 29.2 Å². The lowest BCUT2D eigenvalue weighted by molar-refractivity contribution is 0.0624. The largest absolute Gasteiger partial charge is 0.379 e. The molecule has 0 aliphatic carbocycles. The minimum atomic E-state index is -0.0496. The second-order valence-electron chi connectivity index (χ2n) is 3.94. The number of rotatable bonds is 2. The van der Waals surface area contributed by atoms with E-state index in [4.69, 9.17) is 4.74 Å². The van der Waals surface area contributed by atoms with Gasteiger partial charge >= 0.3 is 0 Å². The van der Waals surface area contributed by atoms with Crippen molar-refractivity contribution in [3.63, 3.8) is 0 Å². The lowest BCUT2D eigenvalue weighted by Gasteiger charge is -2.23.